The van der Waals surface area contributed by atoms with Crippen molar-refractivity contribution in [3.8, 4) is 0 Å². The van der Waals surface area contributed by atoms with Crippen LogP contribution in [0.3, 0.4) is 0 Å². The average Bonchev–Trinajstić information content (AvgIpc) is 2.53. The van der Waals surface area contributed by atoms with Gasteiger partial charge in [-0.05, 0) is 48.3 Å². The van der Waals surface area contributed by atoms with E-state index in [9.17, 15) is 0 Å². The molecule has 0 bridgehead atoms. The van der Waals surface area contributed by atoms with E-state index in [2.05, 4.69) is 44.2 Å². The first-order chi connectivity index (χ1) is 8.65. The minimum Gasteiger partial charge on any atom is -0.324 e. The fraction of sp³-hybridized carbons (Fsp3) is 0.529. The summed E-state index contributed by atoms with van der Waals surface area (Å²) >= 11 is 0. The van der Waals surface area contributed by atoms with Crippen LogP contribution in [0.5, 0.6) is 0 Å². The van der Waals surface area contributed by atoms with Crippen molar-refractivity contribution in [2.75, 3.05) is 0 Å². The topological polar surface area (TPSA) is 26.0 Å². The highest BCUT2D eigenvalue weighted by Gasteiger charge is 2.10. The molecule has 1 aliphatic carbocycles. The van der Waals surface area contributed by atoms with E-state index in [0.717, 1.165) is 12.8 Å². The molecular formula is C17H25N. The number of rotatable bonds is 3. The highest BCUT2D eigenvalue weighted by molar-refractivity contribution is 5.67. The van der Waals surface area contributed by atoms with E-state index < -0.39 is 0 Å². The molecule has 2 rings (SSSR count). The first-order valence-electron chi connectivity index (χ1n) is 7.21. The van der Waals surface area contributed by atoms with Gasteiger partial charge in [0.05, 0.1) is 0 Å². The molecule has 1 atom stereocenters. The lowest BCUT2D eigenvalue weighted by Crippen LogP contribution is -2.15. The summed E-state index contributed by atoms with van der Waals surface area (Å²) in [7, 11) is 0. The van der Waals surface area contributed by atoms with E-state index in [4.69, 9.17) is 5.73 Å². The zero-order chi connectivity index (χ0) is 13.0. The third-order valence-electron chi connectivity index (χ3n) is 3.59. The van der Waals surface area contributed by atoms with Crippen molar-refractivity contribution >= 4 is 5.57 Å². The number of hydrogen-bond donors (Lipinski definition) is 1. The van der Waals surface area contributed by atoms with E-state index in [1.807, 2.05) is 0 Å². The Labute approximate surface area is 111 Å². The summed E-state index contributed by atoms with van der Waals surface area (Å²) in [5, 5.41) is 0. The highest BCUT2D eigenvalue weighted by atomic mass is 14.6. The summed E-state index contributed by atoms with van der Waals surface area (Å²) in [6, 6.07) is 9.25. The molecule has 98 valence electrons. The van der Waals surface area contributed by atoms with Crippen LogP contribution >= 0.6 is 0 Å². The molecule has 1 aromatic rings. The molecule has 1 unspecified atom stereocenters. The second kappa shape index (κ2) is 6.19. The van der Waals surface area contributed by atoms with Gasteiger partial charge in [0, 0.05) is 6.04 Å². The van der Waals surface area contributed by atoms with Crippen LogP contribution < -0.4 is 5.73 Å². The zero-order valence-electron chi connectivity index (χ0n) is 11.7. The Morgan fingerprint density at radius 3 is 2.89 bits per heavy atom. The van der Waals surface area contributed by atoms with Gasteiger partial charge in [0.15, 0.2) is 0 Å². The van der Waals surface area contributed by atoms with Gasteiger partial charge in [-0.15, -0.1) is 0 Å². The van der Waals surface area contributed by atoms with Gasteiger partial charge in [-0.1, -0.05) is 50.6 Å². The molecule has 0 saturated heterocycles. The fourth-order valence-electron chi connectivity index (χ4n) is 2.73. The van der Waals surface area contributed by atoms with Crippen molar-refractivity contribution < 1.29 is 0 Å². The third-order valence-corrected chi connectivity index (χ3v) is 3.59. The Balaban J connectivity index is 2.21. The Bertz CT molecular complexity index is 417. The van der Waals surface area contributed by atoms with Crippen molar-refractivity contribution in [2.24, 2.45) is 11.7 Å². The lowest BCUT2D eigenvalue weighted by Gasteiger charge is -2.10. The summed E-state index contributed by atoms with van der Waals surface area (Å²) < 4.78 is 0. The van der Waals surface area contributed by atoms with Crippen molar-refractivity contribution in [3.05, 3.63) is 41.5 Å². The van der Waals surface area contributed by atoms with Crippen molar-refractivity contribution in [1.82, 2.24) is 0 Å². The van der Waals surface area contributed by atoms with E-state index in [0.29, 0.717) is 5.92 Å². The molecule has 1 aliphatic rings. The quantitative estimate of drug-likeness (QED) is 0.847. The van der Waals surface area contributed by atoms with Crippen molar-refractivity contribution in [1.29, 1.82) is 0 Å². The Kier molecular flexibility index (Phi) is 4.60. The van der Waals surface area contributed by atoms with Gasteiger partial charge in [-0.3, -0.25) is 0 Å². The van der Waals surface area contributed by atoms with Crippen LogP contribution in [-0.4, -0.2) is 6.04 Å². The molecule has 0 heterocycles. The average molecular weight is 243 g/mol. The second-order valence-corrected chi connectivity index (χ2v) is 5.90. The van der Waals surface area contributed by atoms with E-state index >= 15 is 0 Å². The smallest absolute Gasteiger partial charge is 0.0229 e. The second-order valence-electron chi connectivity index (χ2n) is 5.90. The minimum absolute atomic E-state index is 0.247. The predicted octanol–water partition coefficient (Wildman–Crippen LogP) is 4.17. The highest BCUT2D eigenvalue weighted by Crippen LogP contribution is 2.26. The number of benzene rings is 1. The lowest BCUT2D eigenvalue weighted by atomic mass is 9.96. The molecule has 0 radical (unpaired) electrons. The normalized spacial score (nSPS) is 20.7. The monoisotopic (exact) mass is 243 g/mol. The van der Waals surface area contributed by atoms with Gasteiger partial charge in [0.2, 0.25) is 0 Å². The molecule has 1 heteroatoms. The molecule has 0 amide bonds. The maximum absolute atomic E-state index is 6.10. The molecule has 2 N–H and O–H groups in total. The molecular weight excluding hydrogens is 218 g/mol. The molecule has 0 aromatic heterocycles. The predicted molar refractivity (Wildman–Crippen MR) is 79.4 cm³/mol. The first-order valence-corrected chi connectivity index (χ1v) is 7.21. The van der Waals surface area contributed by atoms with Crippen LogP contribution in [0, 0.1) is 5.92 Å². The number of hydrogen-bond acceptors (Lipinski definition) is 1. The van der Waals surface area contributed by atoms with Crippen LogP contribution in [0.1, 0.15) is 50.7 Å². The van der Waals surface area contributed by atoms with Crippen LogP contribution in [0.4, 0.5) is 0 Å². The third kappa shape index (κ3) is 3.71. The molecule has 18 heavy (non-hydrogen) atoms. The van der Waals surface area contributed by atoms with Crippen LogP contribution in [-0.2, 0) is 6.42 Å². The molecule has 0 saturated carbocycles. The molecule has 0 aliphatic heterocycles. The van der Waals surface area contributed by atoms with Crippen LogP contribution in [0.25, 0.3) is 5.57 Å². The number of allylic oxidation sites excluding steroid dienone is 1. The minimum atomic E-state index is 0.247. The van der Waals surface area contributed by atoms with Crippen LogP contribution in [0.2, 0.25) is 0 Å². The maximum atomic E-state index is 6.10. The van der Waals surface area contributed by atoms with E-state index in [1.54, 1.807) is 0 Å². The Morgan fingerprint density at radius 2 is 2.11 bits per heavy atom. The SMILES string of the molecule is CC(C)Cc1cccc(C2=CC(N)CCCC2)c1. The maximum Gasteiger partial charge on any atom is 0.0229 e. The van der Waals surface area contributed by atoms with Gasteiger partial charge in [0.1, 0.15) is 0 Å². The lowest BCUT2D eigenvalue weighted by molar-refractivity contribution is 0.647. The summed E-state index contributed by atoms with van der Waals surface area (Å²) in [5.41, 5.74) is 10.4. The molecule has 0 spiro atoms. The van der Waals surface area contributed by atoms with Gasteiger partial charge in [0.25, 0.3) is 0 Å². The fourth-order valence-corrected chi connectivity index (χ4v) is 2.73. The van der Waals surface area contributed by atoms with Crippen molar-refractivity contribution in [3.63, 3.8) is 0 Å². The van der Waals surface area contributed by atoms with E-state index in [-0.39, 0.29) is 6.04 Å². The van der Waals surface area contributed by atoms with Gasteiger partial charge < -0.3 is 5.73 Å². The number of nitrogens with two attached hydrogens (primary N) is 1. The Hall–Kier alpha value is -1.08. The Morgan fingerprint density at radius 1 is 1.28 bits per heavy atom. The first kappa shape index (κ1) is 13.4. The van der Waals surface area contributed by atoms with Gasteiger partial charge in [-0.2, -0.15) is 0 Å². The molecule has 1 nitrogen and oxygen atoms in total. The van der Waals surface area contributed by atoms with Crippen molar-refractivity contribution in [2.45, 2.75) is 52.0 Å². The summed E-state index contributed by atoms with van der Waals surface area (Å²) in [6.45, 7) is 4.54. The van der Waals surface area contributed by atoms with Crippen LogP contribution in [0.15, 0.2) is 30.3 Å². The summed E-state index contributed by atoms with van der Waals surface area (Å²) in [4.78, 5) is 0. The zero-order valence-corrected chi connectivity index (χ0v) is 11.7. The standard InChI is InChI=1S/C17H25N/c1-13(2)10-14-6-5-8-15(11-14)16-7-3-4-9-17(18)12-16/h5-6,8,11-13,17H,3-4,7,9-10,18H2,1-2H3. The molecule has 0 fully saturated rings. The summed E-state index contributed by atoms with van der Waals surface area (Å²) in [6.07, 6.45) is 8.28. The molecule has 1 aromatic carbocycles. The van der Waals surface area contributed by atoms with E-state index in [1.165, 1.54) is 36.0 Å². The largest absolute Gasteiger partial charge is 0.324 e. The summed E-state index contributed by atoms with van der Waals surface area (Å²) in [5.74, 6) is 0.714. The van der Waals surface area contributed by atoms with Gasteiger partial charge >= 0.3 is 0 Å². The van der Waals surface area contributed by atoms with Gasteiger partial charge in [-0.25, -0.2) is 0 Å².